The molecule has 2 aromatic heterocycles. The van der Waals surface area contributed by atoms with Crippen molar-refractivity contribution in [1.82, 2.24) is 25.1 Å². The Morgan fingerprint density at radius 1 is 1.35 bits per heavy atom. The molecule has 1 aliphatic heterocycles. The van der Waals surface area contributed by atoms with Crippen LogP contribution in [0.2, 0.25) is 0 Å². The molecule has 0 atom stereocenters. The van der Waals surface area contributed by atoms with Crippen LogP contribution in [0, 0.1) is 0 Å². The van der Waals surface area contributed by atoms with Crippen molar-refractivity contribution in [1.29, 1.82) is 0 Å². The zero-order valence-corrected chi connectivity index (χ0v) is 12.6. The molecule has 20 heavy (non-hydrogen) atoms. The van der Waals surface area contributed by atoms with Crippen LogP contribution in [0.25, 0.3) is 11.5 Å². The summed E-state index contributed by atoms with van der Waals surface area (Å²) in [5, 5.41) is 10.5. The van der Waals surface area contributed by atoms with E-state index in [0.29, 0.717) is 11.7 Å². The summed E-state index contributed by atoms with van der Waals surface area (Å²) in [7, 11) is 4.08. The van der Waals surface area contributed by atoms with Crippen LogP contribution in [0.4, 0.5) is 0 Å². The van der Waals surface area contributed by atoms with Gasteiger partial charge in [-0.1, -0.05) is 0 Å². The normalized spacial score (nSPS) is 16.9. The number of nitrogens with one attached hydrogen (secondary N) is 1. The Balaban J connectivity index is 1.74. The van der Waals surface area contributed by atoms with Crippen molar-refractivity contribution in [2.75, 3.05) is 27.3 Å². The number of nitrogens with zero attached hydrogens (tertiary/aromatic N) is 4. The zero-order chi connectivity index (χ0) is 13.9. The molecule has 0 amide bonds. The molecule has 1 fully saturated rings. The Kier molecular flexibility index (Phi) is 4.09. The third-order valence-electron chi connectivity index (χ3n) is 3.34. The highest BCUT2D eigenvalue weighted by Crippen LogP contribution is 2.26. The molecule has 0 radical (unpaired) electrons. The molecule has 108 valence electrons. The zero-order valence-electron chi connectivity index (χ0n) is 11.8. The fraction of sp³-hybridized carbons (Fsp3) is 0.615. The molecule has 0 unspecified atom stereocenters. The highest BCUT2D eigenvalue weighted by molar-refractivity contribution is 7.09. The van der Waals surface area contributed by atoms with Gasteiger partial charge in [0.1, 0.15) is 16.5 Å². The monoisotopic (exact) mass is 293 g/mol. The van der Waals surface area contributed by atoms with Gasteiger partial charge in [-0.3, -0.25) is 5.10 Å². The molecule has 7 heteroatoms. The van der Waals surface area contributed by atoms with Gasteiger partial charge in [0.25, 0.3) is 0 Å². The molecule has 3 rings (SSSR count). The van der Waals surface area contributed by atoms with Gasteiger partial charge >= 0.3 is 0 Å². The summed E-state index contributed by atoms with van der Waals surface area (Å²) in [4.78, 5) is 11.3. The van der Waals surface area contributed by atoms with Gasteiger partial charge in [0.15, 0.2) is 0 Å². The summed E-state index contributed by atoms with van der Waals surface area (Å²) >= 11 is 1.65. The van der Waals surface area contributed by atoms with Crippen molar-refractivity contribution in [2.24, 2.45) is 0 Å². The summed E-state index contributed by atoms with van der Waals surface area (Å²) in [6, 6.07) is 0. The number of rotatable bonds is 4. The molecule has 6 nitrogen and oxygen atoms in total. The lowest BCUT2D eigenvalue weighted by Crippen LogP contribution is -2.15. The molecule has 0 aromatic carbocycles. The van der Waals surface area contributed by atoms with Crippen molar-refractivity contribution in [3.05, 3.63) is 16.2 Å². The predicted molar refractivity (Wildman–Crippen MR) is 77.7 cm³/mol. The van der Waals surface area contributed by atoms with Crippen LogP contribution in [0.15, 0.2) is 5.38 Å². The molecule has 1 saturated heterocycles. The third kappa shape index (κ3) is 3.05. The molecule has 1 aliphatic rings. The lowest BCUT2D eigenvalue weighted by Gasteiger charge is -2.19. The maximum absolute atomic E-state index is 5.38. The van der Waals surface area contributed by atoms with Crippen LogP contribution in [0.5, 0.6) is 0 Å². The number of aromatic nitrogens is 4. The van der Waals surface area contributed by atoms with E-state index in [-0.39, 0.29) is 0 Å². The smallest absolute Gasteiger partial charge is 0.200 e. The molecular weight excluding hydrogens is 274 g/mol. The average Bonchev–Trinajstić information content (AvgIpc) is 3.07. The van der Waals surface area contributed by atoms with Crippen molar-refractivity contribution in [3.63, 3.8) is 0 Å². The van der Waals surface area contributed by atoms with Gasteiger partial charge in [-0.05, 0) is 26.9 Å². The Morgan fingerprint density at radius 3 is 2.90 bits per heavy atom. The molecule has 2 aromatic rings. The number of hydrogen-bond acceptors (Lipinski definition) is 6. The minimum atomic E-state index is 0.435. The number of aromatic amines is 1. The summed E-state index contributed by atoms with van der Waals surface area (Å²) in [5.74, 6) is 2.10. The third-order valence-corrected chi connectivity index (χ3v) is 4.18. The van der Waals surface area contributed by atoms with Gasteiger partial charge in [0.2, 0.25) is 5.82 Å². The SMILES string of the molecule is CN(C)Cc1nc(-c2n[nH]c(C3CCOCC3)n2)cs1. The van der Waals surface area contributed by atoms with Crippen LogP contribution in [-0.2, 0) is 11.3 Å². The van der Waals surface area contributed by atoms with E-state index in [9.17, 15) is 0 Å². The number of hydrogen-bond donors (Lipinski definition) is 1. The first-order valence-electron chi connectivity index (χ1n) is 6.82. The van der Waals surface area contributed by atoms with E-state index in [2.05, 4.69) is 25.1 Å². The predicted octanol–water partition coefficient (Wildman–Crippen LogP) is 1.88. The molecule has 3 heterocycles. The summed E-state index contributed by atoms with van der Waals surface area (Å²) in [6.45, 7) is 2.47. The second kappa shape index (κ2) is 5.99. The number of H-pyrrole nitrogens is 1. The van der Waals surface area contributed by atoms with Gasteiger partial charge in [0, 0.05) is 31.1 Å². The van der Waals surface area contributed by atoms with Crippen LogP contribution < -0.4 is 0 Å². The lowest BCUT2D eigenvalue weighted by molar-refractivity contribution is 0.0836. The van der Waals surface area contributed by atoms with Gasteiger partial charge in [-0.25, -0.2) is 9.97 Å². The molecule has 0 spiro atoms. The largest absolute Gasteiger partial charge is 0.381 e. The fourth-order valence-corrected chi connectivity index (χ4v) is 3.19. The minimum absolute atomic E-state index is 0.435. The van der Waals surface area contributed by atoms with E-state index in [1.54, 1.807) is 11.3 Å². The first-order valence-corrected chi connectivity index (χ1v) is 7.70. The van der Waals surface area contributed by atoms with Crippen molar-refractivity contribution >= 4 is 11.3 Å². The minimum Gasteiger partial charge on any atom is -0.381 e. The van der Waals surface area contributed by atoms with Crippen molar-refractivity contribution in [3.8, 4) is 11.5 Å². The molecule has 0 saturated carbocycles. The van der Waals surface area contributed by atoms with Gasteiger partial charge in [-0.15, -0.1) is 11.3 Å². The summed E-state index contributed by atoms with van der Waals surface area (Å²) < 4.78 is 5.38. The van der Waals surface area contributed by atoms with E-state index in [1.807, 2.05) is 19.5 Å². The van der Waals surface area contributed by atoms with Crippen LogP contribution >= 0.6 is 11.3 Å². The Labute approximate surface area is 122 Å². The maximum Gasteiger partial charge on any atom is 0.200 e. The van der Waals surface area contributed by atoms with Crippen molar-refractivity contribution < 1.29 is 4.74 Å². The highest BCUT2D eigenvalue weighted by atomic mass is 32.1. The van der Waals surface area contributed by atoms with E-state index >= 15 is 0 Å². The van der Waals surface area contributed by atoms with Crippen LogP contribution in [-0.4, -0.2) is 52.4 Å². The van der Waals surface area contributed by atoms with Crippen LogP contribution in [0.3, 0.4) is 0 Å². The Morgan fingerprint density at radius 2 is 2.15 bits per heavy atom. The average molecular weight is 293 g/mol. The van der Waals surface area contributed by atoms with E-state index < -0.39 is 0 Å². The molecule has 0 aliphatic carbocycles. The van der Waals surface area contributed by atoms with E-state index in [4.69, 9.17) is 4.74 Å². The highest BCUT2D eigenvalue weighted by Gasteiger charge is 2.20. The standard InChI is InChI=1S/C13H19N5OS/c1-18(2)7-11-14-10(8-20-11)13-15-12(16-17-13)9-3-5-19-6-4-9/h8-9H,3-7H2,1-2H3,(H,15,16,17). The number of thiazole rings is 1. The Hall–Kier alpha value is -1.31. The van der Waals surface area contributed by atoms with Gasteiger partial charge < -0.3 is 9.64 Å². The quantitative estimate of drug-likeness (QED) is 0.932. The second-order valence-electron chi connectivity index (χ2n) is 5.30. The summed E-state index contributed by atoms with van der Waals surface area (Å²) in [5.41, 5.74) is 0.862. The first-order chi connectivity index (χ1) is 9.72. The first kappa shape index (κ1) is 13.7. The van der Waals surface area contributed by atoms with Gasteiger partial charge in [0.05, 0.1) is 0 Å². The van der Waals surface area contributed by atoms with Crippen molar-refractivity contribution in [2.45, 2.75) is 25.3 Å². The van der Waals surface area contributed by atoms with Gasteiger partial charge in [-0.2, -0.15) is 5.10 Å². The molecular formula is C13H19N5OS. The fourth-order valence-electron chi connectivity index (χ4n) is 2.30. The second-order valence-corrected chi connectivity index (χ2v) is 6.24. The number of ether oxygens (including phenoxy) is 1. The summed E-state index contributed by atoms with van der Waals surface area (Å²) in [6.07, 6.45) is 2.02. The lowest BCUT2D eigenvalue weighted by atomic mass is 10.00. The topological polar surface area (TPSA) is 66.9 Å². The van der Waals surface area contributed by atoms with Crippen LogP contribution in [0.1, 0.15) is 29.6 Å². The van der Waals surface area contributed by atoms with E-state index in [1.165, 1.54) is 0 Å². The Bertz CT molecular complexity index is 559. The maximum atomic E-state index is 5.38. The van der Waals surface area contributed by atoms with E-state index in [0.717, 1.165) is 49.1 Å². The molecule has 0 bridgehead atoms. The molecule has 1 N–H and O–H groups in total.